The van der Waals surface area contributed by atoms with Crippen LogP contribution < -0.4 is 15.5 Å². The van der Waals surface area contributed by atoms with Crippen molar-refractivity contribution in [1.82, 2.24) is 10.2 Å². The Labute approximate surface area is 208 Å². The number of morpholine rings is 1. The van der Waals surface area contributed by atoms with E-state index in [0.717, 1.165) is 32.4 Å². The fraction of sp³-hybridized carbons (Fsp3) is 0.375. The molecule has 0 saturated carbocycles. The summed E-state index contributed by atoms with van der Waals surface area (Å²) < 4.78 is 5.28. The fourth-order valence-electron chi connectivity index (χ4n) is 4.20. The molecule has 2 N–H and O–H groups in total. The maximum atomic E-state index is 12.7. The number of nitro groups is 1. The molecule has 2 saturated heterocycles. The normalized spacial score (nSPS) is 15.9. The van der Waals surface area contributed by atoms with E-state index in [9.17, 15) is 19.7 Å². The predicted octanol–water partition coefficient (Wildman–Crippen LogP) is 3.18. The Morgan fingerprint density at radius 3 is 2.26 bits per heavy atom. The van der Waals surface area contributed by atoms with Crippen molar-refractivity contribution in [2.75, 3.05) is 49.6 Å². The number of hydrogen-bond donors (Lipinski definition) is 2. The van der Waals surface area contributed by atoms with Crippen LogP contribution in [-0.2, 0) is 4.74 Å². The first-order valence-electron chi connectivity index (χ1n) is 11.6. The van der Waals surface area contributed by atoms with Crippen molar-refractivity contribution in [2.45, 2.75) is 19.3 Å². The molecule has 2 aliphatic rings. The Morgan fingerprint density at radius 2 is 1.60 bits per heavy atom. The summed E-state index contributed by atoms with van der Waals surface area (Å²) in [4.78, 5) is 40.2. The van der Waals surface area contributed by atoms with Gasteiger partial charge in [0.2, 0.25) is 0 Å². The van der Waals surface area contributed by atoms with Crippen molar-refractivity contribution >= 4 is 46.2 Å². The number of benzene rings is 2. The predicted molar refractivity (Wildman–Crippen MR) is 136 cm³/mol. The molecule has 10 nitrogen and oxygen atoms in total. The van der Waals surface area contributed by atoms with Crippen molar-refractivity contribution in [3.8, 4) is 0 Å². The number of thiocarbonyl (C=S) groups is 1. The summed E-state index contributed by atoms with van der Waals surface area (Å²) >= 11 is 5.24. The van der Waals surface area contributed by atoms with Gasteiger partial charge < -0.3 is 19.9 Å². The molecular formula is C24H27N5O5S. The second-order valence-corrected chi connectivity index (χ2v) is 8.81. The average Bonchev–Trinajstić information content (AvgIpc) is 2.89. The number of amides is 2. The number of carbonyl (C=O) groups is 2. The SMILES string of the molecule is O=C(NC(=S)Nc1ccc(C(=O)N2CCOCC2)cc1)c1ccc(N2CCCCC2)c([N+](=O)[O-])c1. The van der Waals surface area contributed by atoms with Crippen LogP contribution in [0.4, 0.5) is 17.1 Å². The summed E-state index contributed by atoms with van der Waals surface area (Å²) in [6, 6.07) is 11.3. The second kappa shape index (κ2) is 11.2. The smallest absolute Gasteiger partial charge is 0.293 e. The van der Waals surface area contributed by atoms with Gasteiger partial charge in [-0.1, -0.05) is 0 Å². The first kappa shape index (κ1) is 24.6. The van der Waals surface area contributed by atoms with E-state index in [2.05, 4.69) is 10.6 Å². The molecule has 0 aromatic heterocycles. The number of nitro benzene ring substituents is 1. The van der Waals surface area contributed by atoms with E-state index in [-0.39, 0.29) is 22.3 Å². The lowest BCUT2D eigenvalue weighted by Crippen LogP contribution is -2.40. The molecule has 0 spiro atoms. The maximum Gasteiger partial charge on any atom is 0.293 e. The summed E-state index contributed by atoms with van der Waals surface area (Å²) in [5, 5.41) is 17.2. The molecule has 11 heteroatoms. The molecule has 2 heterocycles. The zero-order valence-electron chi connectivity index (χ0n) is 19.2. The number of nitrogens with zero attached hydrogens (tertiary/aromatic N) is 3. The Hall–Kier alpha value is -3.57. The van der Waals surface area contributed by atoms with Gasteiger partial charge in [-0.05, 0) is 67.9 Å². The molecule has 0 unspecified atom stereocenters. The standard InChI is InChI=1S/C24H27N5O5S/c30-22(18-6-9-20(21(16-18)29(32)33)27-10-2-1-3-11-27)26-24(35)25-19-7-4-17(5-8-19)23(31)28-12-14-34-15-13-28/h4-9,16H,1-3,10-15H2,(H2,25,26,30,35). The first-order valence-corrected chi connectivity index (χ1v) is 12.0. The van der Waals surface area contributed by atoms with Crippen LogP contribution in [0, 0.1) is 10.1 Å². The minimum absolute atomic E-state index is 0.0463. The third-order valence-electron chi connectivity index (χ3n) is 6.05. The molecule has 2 aromatic carbocycles. The van der Waals surface area contributed by atoms with Gasteiger partial charge in [0.15, 0.2) is 5.11 Å². The van der Waals surface area contributed by atoms with Gasteiger partial charge >= 0.3 is 0 Å². The van der Waals surface area contributed by atoms with Crippen molar-refractivity contribution in [2.24, 2.45) is 0 Å². The molecule has 35 heavy (non-hydrogen) atoms. The maximum absolute atomic E-state index is 12.7. The molecule has 2 amide bonds. The van der Waals surface area contributed by atoms with Crippen LogP contribution in [0.2, 0.25) is 0 Å². The summed E-state index contributed by atoms with van der Waals surface area (Å²) in [6.07, 6.45) is 3.09. The lowest BCUT2D eigenvalue weighted by atomic mass is 10.1. The lowest BCUT2D eigenvalue weighted by Gasteiger charge is -2.28. The van der Waals surface area contributed by atoms with Gasteiger partial charge in [-0.15, -0.1) is 0 Å². The summed E-state index contributed by atoms with van der Waals surface area (Å²) in [5.74, 6) is -0.611. The van der Waals surface area contributed by atoms with Gasteiger partial charge in [0, 0.05) is 49.1 Å². The van der Waals surface area contributed by atoms with Crippen LogP contribution >= 0.6 is 12.2 Å². The average molecular weight is 498 g/mol. The second-order valence-electron chi connectivity index (χ2n) is 8.40. The van der Waals surface area contributed by atoms with Gasteiger partial charge in [0.1, 0.15) is 5.69 Å². The fourth-order valence-corrected chi connectivity index (χ4v) is 4.41. The van der Waals surface area contributed by atoms with Gasteiger partial charge in [0.25, 0.3) is 17.5 Å². The van der Waals surface area contributed by atoms with E-state index in [1.54, 1.807) is 41.3 Å². The number of anilines is 2. The van der Waals surface area contributed by atoms with Crippen LogP contribution in [0.5, 0.6) is 0 Å². The number of nitrogens with one attached hydrogen (secondary N) is 2. The van der Waals surface area contributed by atoms with Crippen LogP contribution in [0.15, 0.2) is 42.5 Å². The van der Waals surface area contributed by atoms with Gasteiger partial charge in [-0.2, -0.15) is 0 Å². The van der Waals surface area contributed by atoms with E-state index in [1.165, 1.54) is 6.07 Å². The summed E-state index contributed by atoms with van der Waals surface area (Å²) in [6.45, 7) is 3.71. The van der Waals surface area contributed by atoms with Crippen molar-refractivity contribution in [3.63, 3.8) is 0 Å². The molecule has 184 valence electrons. The monoisotopic (exact) mass is 497 g/mol. The van der Waals surface area contributed by atoms with Crippen LogP contribution in [0.3, 0.4) is 0 Å². The van der Waals surface area contributed by atoms with E-state index in [0.29, 0.717) is 43.2 Å². The molecule has 2 aromatic rings. The highest BCUT2D eigenvalue weighted by Gasteiger charge is 2.23. The van der Waals surface area contributed by atoms with Crippen molar-refractivity contribution in [3.05, 3.63) is 63.7 Å². The number of piperidine rings is 1. The van der Waals surface area contributed by atoms with Crippen molar-refractivity contribution in [1.29, 1.82) is 0 Å². The Bertz CT molecular complexity index is 1110. The number of carbonyl (C=O) groups excluding carboxylic acids is 2. The number of hydrogen-bond acceptors (Lipinski definition) is 7. The van der Waals surface area contributed by atoms with Gasteiger partial charge in [-0.25, -0.2) is 0 Å². The lowest BCUT2D eigenvalue weighted by molar-refractivity contribution is -0.384. The van der Waals surface area contributed by atoms with Gasteiger partial charge in [-0.3, -0.25) is 25.0 Å². The third-order valence-corrected chi connectivity index (χ3v) is 6.25. The van der Waals surface area contributed by atoms with Crippen LogP contribution in [-0.4, -0.2) is 66.1 Å². The molecule has 0 bridgehead atoms. The number of rotatable bonds is 5. The van der Waals surface area contributed by atoms with E-state index < -0.39 is 10.8 Å². The molecular weight excluding hydrogens is 470 g/mol. The minimum atomic E-state index is -0.546. The Morgan fingerprint density at radius 1 is 0.943 bits per heavy atom. The highest BCUT2D eigenvalue weighted by atomic mass is 32.1. The third kappa shape index (κ3) is 6.11. The highest BCUT2D eigenvalue weighted by Crippen LogP contribution is 2.31. The summed E-state index contributed by atoms with van der Waals surface area (Å²) in [7, 11) is 0. The summed E-state index contributed by atoms with van der Waals surface area (Å²) in [5.41, 5.74) is 1.72. The first-order chi connectivity index (χ1) is 16.9. The highest BCUT2D eigenvalue weighted by molar-refractivity contribution is 7.80. The van der Waals surface area contributed by atoms with E-state index >= 15 is 0 Å². The largest absolute Gasteiger partial charge is 0.378 e. The molecule has 0 atom stereocenters. The topological polar surface area (TPSA) is 117 Å². The minimum Gasteiger partial charge on any atom is -0.378 e. The van der Waals surface area contributed by atoms with Gasteiger partial charge in [0.05, 0.1) is 18.1 Å². The molecule has 2 aliphatic heterocycles. The van der Waals surface area contributed by atoms with E-state index in [1.807, 2.05) is 4.90 Å². The Kier molecular flexibility index (Phi) is 7.88. The molecule has 0 aliphatic carbocycles. The van der Waals surface area contributed by atoms with Crippen LogP contribution in [0.25, 0.3) is 0 Å². The Balaban J connectivity index is 1.37. The number of ether oxygens (including phenoxy) is 1. The molecule has 2 fully saturated rings. The van der Waals surface area contributed by atoms with Crippen LogP contribution in [0.1, 0.15) is 40.0 Å². The zero-order chi connectivity index (χ0) is 24.8. The molecule has 4 rings (SSSR count). The quantitative estimate of drug-likeness (QED) is 0.368. The molecule has 0 radical (unpaired) electrons. The van der Waals surface area contributed by atoms with E-state index in [4.69, 9.17) is 17.0 Å². The zero-order valence-corrected chi connectivity index (χ0v) is 20.0. The van der Waals surface area contributed by atoms with Crippen molar-refractivity contribution < 1.29 is 19.2 Å².